The van der Waals surface area contributed by atoms with Crippen molar-refractivity contribution < 1.29 is 14.3 Å². The van der Waals surface area contributed by atoms with Crippen LogP contribution < -0.4 is 5.32 Å². The number of carbonyl (C=O) groups excluding carboxylic acids is 1. The van der Waals surface area contributed by atoms with Gasteiger partial charge in [0.05, 0.1) is 13.2 Å². The van der Waals surface area contributed by atoms with Crippen LogP contribution in [0.25, 0.3) is 0 Å². The van der Waals surface area contributed by atoms with Crippen molar-refractivity contribution in [1.82, 2.24) is 10.2 Å². The smallest absolute Gasteiger partial charge is 0.317 e. The Morgan fingerprint density at radius 3 is 2.63 bits per heavy atom. The zero-order valence-corrected chi connectivity index (χ0v) is 12.3. The van der Waals surface area contributed by atoms with Gasteiger partial charge >= 0.3 is 6.03 Å². The van der Waals surface area contributed by atoms with E-state index in [0.717, 1.165) is 57.8 Å². The Morgan fingerprint density at radius 1 is 1.21 bits per heavy atom. The molecule has 0 spiro atoms. The van der Waals surface area contributed by atoms with Gasteiger partial charge in [-0.15, -0.1) is 0 Å². The molecule has 0 unspecified atom stereocenters. The van der Waals surface area contributed by atoms with E-state index in [9.17, 15) is 4.79 Å². The van der Waals surface area contributed by atoms with Crippen LogP contribution >= 0.6 is 0 Å². The van der Waals surface area contributed by atoms with Gasteiger partial charge in [-0.05, 0) is 31.6 Å². The highest BCUT2D eigenvalue weighted by atomic mass is 16.5. The van der Waals surface area contributed by atoms with Crippen molar-refractivity contribution in [3.63, 3.8) is 0 Å². The van der Waals surface area contributed by atoms with Gasteiger partial charge in [0, 0.05) is 33.4 Å². The zero-order chi connectivity index (χ0) is 13.9. The summed E-state index contributed by atoms with van der Waals surface area (Å²) in [5.74, 6) is 0.758. The van der Waals surface area contributed by atoms with Gasteiger partial charge < -0.3 is 19.7 Å². The molecule has 2 amide bonds. The minimum atomic E-state index is 0.0900. The Bertz CT molecular complexity index is 241. The largest absolute Gasteiger partial charge is 0.382 e. The molecule has 0 bridgehead atoms. The summed E-state index contributed by atoms with van der Waals surface area (Å²) in [5, 5.41) is 2.98. The van der Waals surface area contributed by atoms with E-state index in [-0.39, 0.29) is 6.03 Å². The lowest BCUT2D eigenvalue weighted by Gasteiger charge is -2.30. The minimum Gasteiger partial charge on any atom is -0.382 e. The molecule has 0 aliphatic carbocycles. The fourth-order valence-electron chi connectivity index (χ4n) is 2.09. The molecule has 0 atom stereocenters. The van der Waals surface area contributed by atoms with Gasteiger partial charge in [-0.1, -0.05) is 6.92 Å². The van der Waals surface area contributed by atoms with Gasteiger partial charge in [-0.2, -0.15) is 0 Å². The van der Waals surface area contributed by atoms with Gasteiger partial charge in [-0.3, -0.25) is 0 Å². The molecular formula is C14H28N2O3. The first-order chi connectivity index (χ1) is 9.24. The van der Waals surface area contributed by atoms with E-state index in [4.69, 9.17) is 9.47 Å². The lowest BCUT2D eigenvalue weighted by atomic mass is 10.00. The average Bonchev–Trinajstić information content (AvgIpc) is 2.42. The average molecular weight is 272 g/mol. The monoisotopic (exact) mass is 272 g/mol. The Hall–Kier alpha value is -0.810. The summed E-state index contributed by atoms with van der Waals surface area (Å²) in [6.45, 7) is 6.80. The third-order valence-corrected chi connectivity index (χ3v) is 3.49. The van der Waals surface area contributed by atoms with E-state index in [2.05, 4.69) is 12.2 Å². The lowest BCUT2D eigenvalue weighted by molar-refractivity contribution is 0.0688. The zero-order valence-electron chi connectivity index (χ0n) is 12.3. The van der Waals surface area contributed by atoms with E-state index in [1.165, 1.54) is 0 Å². The van der Waals surface area contributed by atoms with Crippen LogP contribution in [0, 0.1) is 5.92 Å². The van der Waals surface area contributed by atoms with Crippen molar-refractivity contribution >= 4 is 6.03 Å². The third-order valence-electron chi connectivity index (χ3n) is 3.49. The summed E-state index contributed by atoms with van der Waals surface area (Å²) in [6.07, 6.45) is 4.19. The summed E-state index contributed by atoms with van der Waals surface area (Å²) in [5.41, 5.74) is 0. The fraction of sp³-hybridized carbons (Fsp3) is 0.929. The first-order valence-electron chi connectivity index (χ1n) is 7.33. The second-order valence-electron chi connectivity index (χ2n) is 5.21. The SMILES string of the molecule is COCCOCCCCNC(=O)N1CCC(C)CC1. The van der Waals surface area contributed by atoms with Gasteiger partial charge in [0.25, 0.3) is 0 Å². The standard InChI is InChI=1S/C14H28N2O3/c1-13-5-8-16(9-6-13)14(17)15-7-3-4-10-19-12-11-18-2/h13H,3-12H2,1-2H3,(H,15,17). The van der Waals surface area contributed by atoms with Gasteiger partial charge in [0.15, 0.2) is 0 Å². The number of methoxy groups -OCH3 is 1. The van der Waals surface area contributed by atoms with Crippen molar-refractivity contribution in [2.24, 2.45) is 5.92 Å². The van der Waals surface area contributed by atoms with Crippen LogP contribution in [0.5, 0.6) is 0 Å². The van der Waals surface area contributed by atoms with Crippen LogP contribution in [0.4, 0.5) is 4.79 Å². The van der Waals surface area contributed by atoms with Crippen LogP contribution in [0.1, 0.15) is 32.6 Å². The number of amides is 2. The summed E-state index contributed by atoms with van der Waals surface area (Å²) in [6, 6.07) is 0.0900. The van der Waals surface area contributed by atoms with E-state index < -0.39 is 0 Å². The van der Waals surface area contributed by atoms with Gasteiger partial charge in [-0.25, -0.2) is 4.79 Å². The number of likely N-dealkylation sites (tertiary alicyclic amines) is 1. The molecule has 1 N–H and O–H groups in total. The van der Waals surface area contributed by atoms with E-state index in [0.29, 0.717) is 13.2 Å². The lowest BCUT2D eigenvalue weighted by Crippen LogP contribution is -2.44. The minimum absolute atomic E-state index is 0.0900. The van der Waals surface area contributed by atoms with Crippen LogP contribution in [0.2, 0.25) is 0 Å². The molecule has 1 saturated heterocycles. The number of ether oxygens (including phenoxy) is 2. The summed E-state index contributed by atoms with van der Waals surface area (Å²) in [4.78, 5) is 13.8. The molecule has 0 aromatic rings. The molecule has 1 heterocycles. The molecule has 1 aliphatic rings. The van der Waals surface area contributed by atoms with Crippen molar-refractivity contribution in [1.29, 1.82) is 0 Å². The Labute approximate surface area is 116 Å². The maximum absolute atomic E-state index is 11.8. The molecule has 0 saturated carbocycles. The number of nitrogens with one attached hydrogen (secondary N) is 1. The Kier molecular flexibility index (Phi) is 8.58. The summed E-state index contributed by atoms with van der Waals surface area (Å²) < 4.78 is 10.2. The number of nitrogens with zero attached hydrogens (tertiary/aromatic N) is 1. The van der Waals surface area contributed by atoms with Gasteiger partial charge in [0.1, 0.15) is 0 Å². The van der Waals surface area contributed by atoms with Gasteiger partial charge in [0.2, 0.25) is 0 Å². The fourth-order valence-corrected chi connectivity index (χ4v) is 2.09. The highest BCUT2D eigenvalue weighted by Crippen LogP contribution is 2.15. The Morgan fingerprint density at radius 2 is 1.95 bits per heavy atom. The van der Waals surface area contributed by atoms with Crippen LogP contribution in [-0.2, 0) is 9.47 Å². The number of rotatable bonds is 8. The van der Waals surface area contributed by atoms with Crippen LogP contribution in [-0.4, -0.2) is 57.5 Å². The summed E-state index contributed by atoms with van der Waals surface area (Å²) >= 11 is 0. The van der Waals surface area contributed by atoms with Crippen molar-refractivity contribution in [3.05, 3.63) is 0 Å². The number of urea groups is 1. The molecular weight excluding hydrogens is 244 g/mol. The van der Waals surface area contributed by atoms with Crippen molar-refractivity contribution in [2.75, 3.05) is 46.6 Å². The number of hydrogen-bond acceptors (Lipinski definition) is 3. The molecule has 0 aromatic heterocycles. The van der Waals surface area contributed by atoms with Crippen molar-refractivity contribution in [2.45, 2.75) is 32.6 Å². The predicted octanol–water partition coefficient (Wildman–Crippen LogP) is 1.87. The quantitative estimate of drug-likeness (QED) is 0.686. The molecule has 5 heteroatoms. The van der Waals surface area contributed by atoms with Crippen LogP contribution in [0.15, 0.2) is 0 Å². The second-order valence-corrected chi connectivity index (χ2v) is 5.21. The highest BCUT2D eigenvalue weighted by Gasteiger charge is 2.19. The maximum Gasteiger partial charge on any atom is 0.317 e. The molecule has 0 aromatic carbocycles. The topological polar surface area (TPSA) is 50.8 Å². The first kappa shape index (κ1) is 16.2. The normalized spacial score (nSPS) is 16.6. The van der Waals surface area contributed by atoms with Crippen LogP contribution in [0.3, 0.4) is 0 Å². The molecule has 5 nitrogen and oxygen atoms in total. The molecule has 1 aliphatic heterocycles. The second kappa shape index (κ2) is 10.0. The molecule has 1 rings (SSSR count). The van der Waals surface area contributed by atoms with Crippen molar-refractivity contribution in [3.8, 4) is 0 Å². The van der Waals surface area contributed by atoms with E-state index in [1.54, 1.807) is 7.11 Å². The first-order valence-corrected chi connectivity index (χ1v) is 7.33. The predicted molar refractivity (Wildman–Crippen MR) is 75.3 cm³/mol. The maximum atomic E-state index is 11.8. The van der Waals surface area contributed by atoms with E-state index >= 15 is 0 Å². The Balaban J connectivity index is 1.93. The molecule has 19 heavy (non-hydrogen) atoms. The number of carbonyl (C=O) groups is 1. The number of unbranched alkanes of at least 4 members (excludes halogenated alkanes) is 1. The molecule has 0 radical (unpaired) electrons. The molecule has 1 fully saturated rings. The number of hydrogen-bond donors (Lipinski definition) is 1. The number of piperidine rings is 1. The third kappa shape index (κ3) is 7.38. The molecule has 112 valence electrons. The summed E-state index contributed by atoms with van der Waals surface area (Å²) in [7, 11) is 1.67. The van der Waals surface area contributed by atoms with E-state index in [1.807, 2.05) is 4.90 Å². The highest BCUT2D eigenvalue weighted by molar-refractivity contribution is 5.74.